The Kier molecular flexibility index (Phi) is 5.52. The summed E-state index contributed by atoms with van der Waals surface area (Å²) >= 11 is 0. The highest BCUT2D eigenvalue weighted by molar-refractivity contribution is 5.40. The van der Waals surface area contributed by atoms with Gasteiger partial charge >= 0.3 is 0 Å². The van der Waals surface area contributed by atoms with Gasteiger partial charge in [0.2, 0.25) is 0 Å². The predicted molar refractivity (Wildman–Crippen MR) is 107 cm³/mol. The first-order valence-corrected chi connectivity index (χ1v) is 9.03. The molecule has 1 aromatic heterocycles. The minimum Gasteiger partial charge on any atom is -0.365 e. The van der Waals surface area contributed by atoms with Crippen molar-refractivity contribution in [1.29, 1.82) is 0 Å². The summed E-state index contributed by atoms with van der Waals surface area (Å²) in [6.45, 7) is 7.10. The number of anilines is 1. The summed E-state index contributed by atoms with van der Waals surface area (Å²) in [6.07, 6.45) is 3.37. The van der Waals surface area contributed by atoms with Crippen molar-refractivity contribution in [3.05, 3.63) is 88.5 Å². The number of hydrogen-bond donors (Lipinski definition) is 1. The van der Waals surface area contributed by atoms with Crippen molar-refractivity contribution in [2.75, 3.05) is 11.9 Å². The first kappa shape index (κ1) is 17.9. The first-order chi connectivity index (χ1) is 12.6. The second-order valence-corrected chi connectivity index (χ2v) is 6.89. The largest absolute Gasteiger partial charge is 0.365 e. The van der Waals surface area contributed by atoms with Gasteiger partial charge in [-0.1, -0.05) is 63.2 Å². The lowest BCUT2D eigenvalue weighted by Crippen LogP contribution is -2.24. The number of hydrogen-bond acceptors (Lipinski definition) is 3. The molecule has 2 aromatic carbocycles. The minimum absolute atomic E-state index is 0.134. The van der Waals surface area contributed by atoms with Gasteiger partial charge in [-0.3, -0.25) is 9.36 Å². The molecule has 1 atom stereocenters. The highest BCUT2D eigenvalue weighted by Gasteiger charge is 2.10. The van der Waals surface area contributed by atoms with Crippen molar-refractivity contribution in [2.45, 2.75) is 32.6 Å². The lowest BCUT2D eigenvalue weighted by atomic mass is 10.0. The summed E-state index contributed by atoms with van der Waals surface area (Å²) in [7, 11) is 0. The summed E-state index contributed by atoms with van der Waals surface area (Å²) in [5, 5.41) is 3.21. The third-order valence-corrected chi connectivity index (χ3v) is 4.62. The number of rotatable bonds is 6. The van der Waals surface area contributed by atoms with E-state index >= 15 is 0 Å². The standard InChI is InChI=1S/C22H25N3O/c1-16(2)18-9-11-20(12-10-18)25-14-13-23-21(22(25)26)24-15-17(3)19-7-5-4-6-8-19/h4-14,16-17H,15H2,1-3H3,(H,23,24)/t17-/m0/s1. The summed E-state index contributed by atoms with van der Waals surface area (Å²) in [4.78, 5) is 17.0. The Hall–Kier alpha value is -2.88. The third-order valence-electron chi connectivity index (χ3n) is 4.62. The maximum atomic E-state index is 12.8. The van der Waals surface area contributed by atoms with E-state index < -0.39 is 0 Å². The molecule has 4 nitrogen and oxygen atoms in total. The third kappa shape index (κ3) is 4.02. The van der Waals surface area contributed by atoms with Gasteiger partial charge in [-0.15, -0.1) is 0 Å². The van der Waals surface area contributed by atoms with Gasteiger partial charge in [0.15, 0.2) is 5.82 Å². The molecule has 0 spiro atoms. The van der Waals surface area contributed by atoms with Gasteiger partial charge in [0.05, 0.1) is 0 Å². The van der Waals surface area contributed by atoms with Crippen molar-refractivity contribution in [3.63, 3.8) is 0 Å². The molecular weight excluding hydrogens is 322 g/mol. The molecule has 3 rings (SSSR count). The molecule has 1 N–H and O–H groups in total. The van der Waals surface area contributed by atoms with Crippen LogP contribution in [-0.4, -0.2) is 16.1 Å². The Bertz CT molecular complexity index is 899. The SMILES string of the molecule is CC(C)c1ccc(-n2ccnc(NC[C@H](C)c3ccccc3)c2=O)cc1. The maximum absolute atomic E-state index is 12.8. The van der Waals surface area contributed by atoms with Gasteiger partial charge in [0.1, 0.15) is 0 Å². The molecule has 0 unspecified atom stereocenters. The van der Waals surface area contributed by atoms with Crippen LogP contribution in [0.1, 0.15) is 43.7 Å². The summed E-state index contributed by atoms with van der Waals surface area (Å²) in [5.74, 6) is 1.13. The smallest absolute Gasteiger partial charge is 0.297 e. The molecule has 1 heterocycles. The van der Waals surface area contributed by atoms with Crippen LogP contribution in [0.3, 0.4) is 0 Å². The number of nitrogens with zero attached hydrogens (tertiary/aromatic N) is 2. The van der Waals surface area contributed by atoms with Gasteiger partial charge in [0, 0.05) is 24.6 Å². The van der Waals surface area contributed by atoms with Crippen LogP contribution in [0.4, 0.5) is 5.82 Å². The average Bonchev–Trinajstić information content (AvgIpc) is 2.67. The fourth-order valence-corrected chi connectivity index (χ4v) is 2.91. The van der Waals surface area contributed by atoms with Crippen LogP contribution in [-0.2, 0) is 0 Å². The first-order valence-electron chi connectivity index (χ1n) is 9.03. The highest BCUT2D eigenvalue weighted by Crippen LogP contribution is 2.17. The molecule has 0 saturated heterocycles. The molecule has 0 radical (unpaired) electrons. The van der Waals surface area contributed by atoms with E-state index in [2.05, 4.69) is 55.3 Å². The molecule has 0 aliphatic rings. The van der Waals surface area contributed by atoms with Crippen LogP contribution in [0.15, 0.2) is 71.8 Å². The van der Waals surface area contributed by atoms with Crippen LogP contribution in [0.2, 0.25) is 0 Å². The molecule has 0 fully saturated rings. The van der Waals surface area contributed by atoms with Gasteiger partial charge in [-0.05, 0) is 35.1 Å². The lowest BCUT2D eigenvalue weighted by Gasteiger charge is -2.14. The Morgan fingerprint density at radius 2 is 1.65 bits per heavy atom. The highest BCUT2D eigenvalue weighted by atomic mass is 16.1. The van der Waals surface area contributed by atoms with E-state index in [4.69, 9.17) is 0 Å². The number of nitrogens with one attached hydrogen (secondary N) is 1. The molecule has 0 aliphatic carbocycles. The normalized spacial score (nSPS) is 12.2. The Labute approximate surface area is 154 Å². The van der Waals surface area contributed by atoms with E-state index in [1.54, 1.807) is 17.0 Å². The molecular formula is C22H25N3O. The topological polar surface area (TPSA) is 46.9 Å². The quantitative estimate of drug-likeness (QED) is 0.710. The molecule has 0 amide bonds. The van der Waals surface area contributed by atoms with Crippen molar-refractivity contribution < 1.29 is 0 Å². The van der Waals surface area contributed by atoms with Crippen LogP contribution < -0.4 is 10.9 Å². The van der Waals surface area contributed by atoms with Gasteiger partial charge in [-0.25, -0.2) is 4.98 Å². The van der Waals surface area contributed by atoms with Crippen LogP contribution in [0.5, 0.6) is 0 Å². The van der Waals surface area contributed by atoms with E-state index in [0.29, 0.717) is 18.3 Å². The number of benzene rings is 2. The lowest BCUT2D eigenvalue weighted by molar-refractivity contribution is 0.796. The zero-order valence-corrected chi connectivity index (χ0v) is 15.5. The average molecular weight is 347 g/mol. The summed E-state index contributed by atoms with van der Waals surface area (Å²) in [6, 6.07) is 18.3. The second-order valence-electron chi connectivity index (χ2n) is 6.89. The fourth-order valence-electron chi connectivity index (χ4n) is 2.91. The monoisotopic (exact) mass is 347 g/mol. The summed E-state index contributed by atoms with van der Waals surface area (Å²) < 4.78 is 1.63. The molecule has 134 valence electrons. The van der Waals surface area contributed by atoms with Crippen molar-refractivity contribution in [2.24, 2.45) is 0 Å². The molecule has 0 aliphatic heterocycles. The Balaban J connectivity index is 1.78. The molecule has 3 aromatic rings. The molecule has 0 bridgehead atoms. The Morgan fingerprint density at radius 1 is 0.962 bits per heavy atom. The van der Waals surface area contributed by atoms with Crippen molar-refractivity contribution in [3.8, 4) is 5.69 Å². The maximum Gasteiger partial charge on any atom is 0.297 e. The molecule has 4 heteroatoms. The second kappa shape index (κ2) is 8.00. The van der Waals surface area contributed by atoms with E-state index in [-0.39, 0.29) is 11.5 Å². The zero-order chi connectivity index (χ0) is 18.5. The van der Waals surface area contributed by atoms with Crippen molar-refractivity contribution in [1.82, 2.24) is 9.55 Å². The van der Waals surface area contributed by atoms with E-state index in [1.165, 1.54) is 11.1 Å². The van der Waals surface area contributed by atoms with Crippen molar-refractivity contribution >= 4 is 5.82 Å². The Morgan fingerprint density at radius 3 is 2.31 bits per heavy atom. The zero-order valence-electron chi connectivity index (χ0n) is 15.5. The van der Waals surface area contributed by atoms with Gasteiger partial charge in [0.25, 0.3) is 5.56 Å². The van der Waals surface area contributed by atoms with Crippen LogP contribution in [0, 0.1) is 0 Å². The minimum atomic E-state index is -0.134. The van der Waals surface area contributed by atoms with Gasteiger partial charge in [-0.2, -0.15) is 0 Å². The van der Waals surface area contributed by atoms with Crippen LogP contribution >= 0.6 is 0 Å². The predicted octanol–water partition coefficient (Wildman–Crippen LogP) is 4.57. The van der Waals surface area contributed by atoms with Gasteiger partial charge < -0.3 is 5.32 Å². The molecule has 0 saturated carbocycles. The van der Waals surface area contributed by atoms with E-state index in [1.807, 2.05) is 30.3 Å². The van der Waals surface area contributed by atoms with Crippen LogP contribution in [0.25, 0.3) is 5.69 Å². The van der Waals surface area contributed by atoms with E-state index in [0.717, 1.165) is 5.69 Å². The summed E-state index contributed by atoms with van der Waals surface area (Å²) in [5.41, 5.74) is 3.21. The van der Waals surface area contributed by atoms with E-state index in [9.17, 15) is 4.79 Å². The number of aromatic nitrogens is 2. The molecule has 26 heavy (non-hydrogen) atoms. The fraction of sp³-hybridized carbons (Fsp3) is 0.273.